The number of hydrogen-bond acceptors (Lipinski definition) is 10. The number of para-hydroxylation sites is 1. The molecule has 4 rings (SSSR count). The van der Waals surface area contributed by atoms with Crippen molar-refractivity contribution in [2.75, 3.05) is 30.8 Å². The number of nitrogens with zero attached hydrogens (tertiary/aromatic N) is 7. The first kappa shape index (κ1) is 23.1. The molecule has 1 saturated heterocycles. The normalized spacial score (nSPS) is 16.6. The second-order valence-corrected chi connectivity index (χ2v) is 10.5. The van der Waals surface area contributed by atoms with Crippen LogP contribution < -0.4 is 10.6 Å². The monoisotopic (exact) mass is 472 g/mol. The number of aromatic nitrogens is 5. The van der Waals surface area contributed by atoms with Crippen LogP contribution in [0.2, 0.25) is 0 Å². The molecule has 1 aliphatic heterocycles. The molecule has 1 atom stereocenters. The highest BCUT2D eigenvalue weighted by Gasteiger charge is 2.33. The molecule has 2 aromatic heterocycles. The van der Waals surface area contributed by atoms with Gasteiger partial charge in [-0.05, 0) is 38.3 Å². The lowest BCUT2D eigenvalue weighted by Gasteiger charge is -2.31. The number of rotatable bonds is 7. The predicted octanol–water partition coefficient (Wildman–Crippen LogP) is 2.58. The topological polar surface area (TPSA) is 144 Å². The van der Waals surface area contributed by atoms with Gasteiger partial charge in [0.25, 0.3) is 0 Å². The maximum Gasteiger partial charge on any atom is 0.240 e. The fourth-order valence-electron chi connectivity index (χ4n) is 3.71. The lowest BCUT2D eigenvalue weighted by molar-refractivity contribution is 0.269. The van der Waals surface area contributed by atoms with Gasteiger partial charge in [-0.15, -0.1) is 0 Å². The minimum absolute atomic E-state index is 0.0275. The number of nitrogens with two attached hydrogens (primary N) is 1. The molecule has 0 amide bonds. The smallest absolute Gasteiger partial charge is 0.240 e. The van der Waals surface area contributed by atoms with Crippen LogP contribution in [0.3, 0.4) is 0 Å². The zero-order valence-corrected chi connectivity index (χ0v) is 19.7. The third-order valence-electron chi connectivity index (χ3n) is 5.97. The Morgan fingerprint density at radius 2 is 1.82 bits per heavy atom. The molecule has 3 aromatic rings. The molecule has 0 bridgehead atoms. The summed E-state index contributed by atoms with van der Waals surface area (Å²) >= 11 is 0. The van der Waals surface area contributed by atoms with Crippen molar-refractivity contribution in [3.63, 3.8) is 0 Å². The Morgan fingerprint density at radius 1 is 1.12 bits per heavy atom. The summed E-state index contributed by atoms with van der Waals surface area (Å²) < 4.78 is 32.3. The summed E-state index contributed by atoms with van der Waals surface area (Å²) in [6, 6.07) is 9.62. The number of anilines is 3. The lowest BCUT2D eigenvalue weighted by atomic mass is 9.98. The van der Waals surface area contributed by atoms with Gasteiger partial charge < -0.3 is 15.2 Å². The first-order chi connectivity index (χ1) is 15.8. The highest BCUT2D eigenvalue weighted by atomic mass is 32.2. The van der Waals surface area contributed by atoms with E-state index >= 15 is 0 Å². The Balaban J connectivity index is 1.50. The molecule has 3 heterocycles. The van der Waals surface area contributed by atoms with Crippen molar-refractivity contribution in [1.82, 2.24) is 29.4 Å². The molecule has 0 radical (unpaired) electrons. The molecular formula is C21H28N8O3S. The van der Waals surface area contributed by atoms with E-state index in [9.17, 15) is 8.42 Å². The fourth-order valence-corrected chi connectivity index (χ4v) is 5.36. The highest BCUT2D eigenvalue weighted by molar-refractivity contribution is 7.89. The minimum atomic E-state index is -3.27. The van der Waals surface area contributed by atoms with E-state index in [1.807, 2.05) is 44.3 Å². The van der Waals surface area contributed by atoms with Crippen LogP contribution >= 0.6 is 0 Å². The second kappa shape index (κ2) is 9.40. The van der Waals surface area contributed by atoms with E-state index in [0.717, 1.165) is 5.69 Å². The highest BCUT2D eigenvalue weighted by Crippen LogP contribution is 2.30. The van der Waals surface area contributed by atoms with Crippen LogP contribution in [0.25, 0.3) is 11.6 Å². The van der Waals surface area contributed by atoms with Gasteiger partial charge in [0.05, 0.1) is 5.25 Å². The Morgan fingerprint density at radius 3 is 2.48 bits per heavy atom. The molecule has 1 aliphatic rings. The summed E-state index contributed by atoms with van der Waals surface area (Å²) in [5.74, 6) is 1.26. The van der Waals surface area contributed by atoms with Gasteiger partial charge in [0.1, 0.15) is 0 Å². The molecule has 33 heavy (non-hydrogen) atoms. The number of benzene rings is 1. The van der Waals surface area contributed by atoms with Crippen molar-refractivity contribution in [2.24, 2.45) is 0 Å². The SMILES string of the molecule is CCC(C)S(=O)(=O)N1CCC(c2nc(-c3nc(N)nc(N(C)c4ccccc4)n3)no2)CC1. The van der Waals surface area contributed by atoms with Gasteiger partial charge in [0.15, 0.2) is 0 Å². The van der Waals surface area contributed by atoms with Crippen molar-refractivity contribution < 1.29 is 12.9 Å². The van der Waals surface area contributed by atoms with E-state index < -0.39 is 10.0 Å². The summed E-state index contributed by atoms with van der Waals surface area (Å²) in [5.41, 5.74) is 6.81. The van der Waals surface area contributed by atoms with Crippen LogP contribution in [0, 0.1) is 0 Å². The first-order valence-corrected chi connectivity index (χ1v) is 12.4. The van der Waals surface area contributed by atoms with Gasteiger partial charge >= 0.3 is 0 Å². The van der Waals surface area contributed by atoms with Gasteiger partial charge in [0, 0.05) is 31.7 Å². The quantitative estimate of drug-likeness (QED) is 0.544. The Labute approximate surface area is 193 Å². The third-order valence-corrected chi connectivity index (χ3v) is 8.41. The van der Waals surface area contributed by atoms with Crippen molar-refractivity contribution in [1.29, 1.82) is 0 Å². The average Bonchev–Trinajstić information content (AvgIpc) is 3.33. The number of nitrogen functional groups attached to an aromatic ring is 1. The van der Waals surface area contributed by atoms with E-state index in [0.29, 0.717) is 44.2 Å². The van der Waals surface area contributed by atoms with Crippen molar-refractivity contribution in [3.05, 3.63) is 36.2 Å². The van der Waals surface area contributed by atoms with Gasteiger partial charge in [-0.3, -0.25) is 0 Å². The number of piperidine rings is 1. The van der Waals surface area contributed by atoms with Gasteiger partial charge in [-0.2, -0.15) is 19.9 Å². The van der Waals surface area contributed by atoms with Gasteiger partial charge in [-0.1, -0.05) is 30.3 Å². The van der Waals surface area contributed by atoms with Crippen molar-refractivity contribution in [3.8, 4) is 11.6 Å². The standard InChI is InChI=1S/C21H28N8O3S/c1-4-14(2)33(30,31)29-12-10-15(11-13-29)19-23-18(27-32-19)17-24-20(22)26-21(25-17)28(3)16-8-6-5-7-9-16/h5-9,14-15H,4,10-13H2,1-3H3,(H2,22,24,25,26). The molecule has 11 nitrogen and oxygen atoms in total. The van der Waals surface area contributed by atoms with Crippen LogP contribution in [0.15, 0.2) is 34.9 Å². The summed E-state index contributed by atoms with van der Waals surface area (Å²) in [6.45, 7) is 4.49. The Hall–Kier alpha value is -3.12. The number of sulfonamides is 1. The molecule has 1 unspecified atom stereocenters. The van der Waals surface area contributed by atoms with Gasteiger partial charge in [-0.25, -0.2) is 12.7 Å². The van der Waals surface area contributed by atoms with E-state index in [1.54, 1.807) is 16.1 Å². The minimum Gasteiger partial charge on any atom is -0.368 e. The summed E-state index contributed by atoms with van der Waals surface area (Å²) in [6.07, 6.45) is 1.81. The van der Waals surface area contributed by atoms with E-state index in [2.05, 4.69) is 25.1 Å². The summed E-state index contributed by atoms with van der Waals surface area (Å²) in [7, 11) is -1.44. The number of hydrogen-bond donors (Lipinski definition) is 1. The van der Waals surface area contributed by atoms with Crippen LogP contribution in [-0.4, -0.2) is 63.2 Å². The Bertz CT molecular complexity index is 1190. The van der Waals surface area contributed by atoms with Crippen molar-refractivity contribution in [2.45, 2.75) is 44.3 Å². The molecule has 2 N–H and O–H groups in total. The molecule has 0 aliphatic carbocycles. The van der Waals surface area contributed by atoms with Crippen LogP contribution in [-0.2, 0) is 10.0 Å². The lowest BCUT2D eigenvalue weighted by Crippen LogP contribution is -2.42. The predicted molar refractivity (Wildman–Crippen MR) is 124 cm³/mol. The van der Waals surface area contributed by atoms with Crippen molar-refractivity contribution >= 4 is 27.6 Å². The second-order valence-electron chi connectivity index (χ2n) is 8.11. The maximum atomic E-state index is 12.6. The molecule has 1 aromatic carbocycles. The summed E-state index contributed by atoms with van der Waals surface area (Å²) in [5, 5.41) is 3.65. The molecule has 12 heteroatoms. The molecule has 176 valence electrons. The molecular weight excluding hydrogens is 444 g/mol. The third kappa shape index (κ3) is 4.81. The van der Waals surface area contributed by atoms with Gasteiger partial charge in [0.2, 0.25) is 39.5 Å². The first-order valence-electron chi connectivity index (χ1n) is 10.9. The fraction of sp³-hybridized carbons (Fsp3) is 0.476. The van der Waals surface area contributed by atoms with Crippen LogP contribution in [0.5, 0.6) is 0 Å². The largest absolute Gasteiger partial charge is 0.368 e. The average molecular weight is 473 g/mol. The molecule has 0 saturated carbocycles. The van der Waals surface area contributed by atoms with E-state index in [-0.39, 0.29) is 28.8 Å². The zero-order chi connectivity index (χ0) is 23.6. The molecule has 0 spiro atoms. The maximum absolute atomic E-state index is 12.6. The zero-order valence-electron chi connectivity index (χ0n) is 18.9. The summed E-state index contributed by atoms with van der Waals surface area (Å²) in [4.78, 5) is 19.1. The molecule has 1 fully saturated rings. The van der Waals surface area contributed by atoms with Crippen LogP contribution in [0.4, 0.5) is 17.6 Å². The van der Waals surface area contributed by atoms with E-state index in [1.165, 1.54) is 0 Å². The van der Waals surface area contributed by atoms with E-state index in [4.69, 9.17) is 10.3 Å². The van der Waals surface area contributed by atoms with Crippen LogP contribution in [0.1, 0.15) is 44.9 Å². The Kier molecular flexibility index (Phi) is 6.56.